The molecule has 0 unspecified atom stereocenters. The van der Waals surface area contributed by atoms with E-state index in [4.69, 9.17) is 0 Å². The molecular formula is C27H26N6O7. The average molecular weight is 547 g/mol. The highest BCUT2D eigenvalue weighted by molar-refractivity contribution is 5.96. The molecule has 3 aromatic carbocycles. The Morgan fingerprint density at radius 2 is 0.700 bits per heavy atom. The summed E-state index contributed by atoms with van der Waals surface area (Å²) in [6.07, 6.45) is 0. The van der Waals surface area contributed by atoms with Gasteiger partial charge in [-0.15, -0.1) is 14.7 Å². The van der Waals surface area contributed by atoms with E-state index < -0.39 is 0 Å². The monoisotopic (exact) mass is 546 g/mol. The molecule has 0 radical (unpaired) electrons. The topological polar surface area (TPSA) is 195 Å². The normalized spacial score (nSPS) is 10.3. The van der Waals surface area contributed by atoms with Crippen LogP contribution in [0.2, 0.25) is 0 Å². The van der Waals surface area contributed by atoms with E-state index in [1.165, 1.54) is 13.7 Å². The van der Waals surface area contributed by atoms with Crippen molar-refractivity contribution in [1.82, 2.24) is 13.7 Å². The van der Waals surface area contributed by atoms with Gasteiger partial charge in [0.05, 0.1) is 16.6 Å². The quantitative estimate of drug-likeness (QED) is 0.227. The molecule has 0 atom stereocenters. The Balaban J connectivity index is 0.000000163. The van der Waals surface area contributed by atoms with Crippen molar-refractivity contribution in [3.05, 3.63) is 87.5 Å². The van der Waals surface area contributed by atoms with Gasteiger partial charge in [-0.1, -0.05) is 54.6 Å². The third kappa shape index (κ3) is 4.83. The number of nitrogens with zero attached hydrogens (tertiary/aromatic N) is 6. The largest absolute Gasteiger partial charge is 0.493 e. The summed E-state index contributed by atoms with van der Waals surface area (Å²) in [5.74, 6) is -0.261. The molecule has 0 amide bonds. The number of fused-ring (bicyclic) bond motifs is 3. The molecule has 40 heavy (non-hydrogen) atoms. The zero-order valence-corrected chi connectivity index (χ0v) is 21.7. The number of benzene rings is 3. The van der Waals surface area contributed by atoms with E-state index in [1.54, 1.807) is 57.5 Å². The van der Waals surface area contributed by atoms with Crippen LogP contribution in [0.25, 0.3) is 32.7 Å². The summed E-state index contributed by atoms with van der Waals surface area (Å²) in [4.78, 5) is 31.3. The molecule has 3 heterocycles. The molecule has 13 nitrogen and oxygen atoms in total. The molecule has 5 N–H and O–H groups in total. The molecule has 0 spiro atoms. The number of aromatic hydroxyl groups is 3. The Kier molecular flexibility index (Phi) is 8.61. The molecule has 13 heteroatoms. The molecule has 3 aromatic heterocycles. The van der Waals surface area contributed by atoms with Gasteiger partial charge in [0, 0.05) is 37.3 Å². The van der Waals surface area contributed by atoms with Gasteiger partial charge in [-0.25, -0.2) is 0 Å². The number of hydrogen-bond acceptors (Lipinski definition) is 9. The number of para-hydroxylation sites is 3. The fourth-order valence-corrected chi connectivity index (χ4v) is 4.35. The summed E-state index contributed by atoms with van der Waals surface area (Å²) in [6, 6.07) is 21.7. The van der Waals surface area contributed by atoms with Gasteiger partial charge in [0.25, 0.3) is 0 Å². The second-order valence-corrected chi connectivity index (χ2v) is 8.52. The molecule has 206 valence electrons. The fourth-order valence-electron chi connectivity index (χ4n) is 4.35. The third-order valence-electron chi connectivity index (χ3n) is 6.42. The SMILES string of the molecule is Cn1c(O)c(N=O)c2ccccc21.Cn1c(O)c(N=O)c2ccccc21.Cn1c(O)c(N=O)c2ccccc21.O. The van der Waals surface area contributed by atoms with Crippen LogP contribution in [0.4, 0.5) is 17.1 Å². The number of hydrogen-bond donors (Lipinski definition) is 3. The molecule has 0 fully saturated rings. The molecule has 0 saturated heterocycles. The molecule has 6 rings (SSSR count). The van der Waals surface area contributed by atoms with Gasteiger partial charge in [0.1, 0.15) is 0 Å². The minimum atomic E-state index is -0.0869. The molecular weight excluding hydrogens is 520 g/mol. The predicted octanol–water partition coefficient (Wildman–Crippen LogP) is 6.02. The maximum Gasteiger partial charge on any atom is 0.222 e. The van der Waals surface area contributed by atoms with E-state index in [1.807, 2.05) is 36.4 Å². The van der Waals surface area contributed by atoms with Crippen LogP contribution in [-0.4, -0.2) is 34.5 Å². The van der Waals surface area contributed by atoms with Gasteiger partial charge < -0.3 is 34.5 Å². The van der Waals surface area contributed by atoms with Gasteiger partial charge in [-0.05, 0) is 33.7 Å². The highest BCUT2D eigenvalue weighted by atomic mass is 16.3. The molecule has 0 aliphatic carbocycles. The Morgan fingerprint density at radius 3 is 0.925 bits per heavy atom. The zero-order chi connectivity index (χ0) is 28.3. The van der Waals surface area contributed by atoms with Crippen molar-refractivity contribution in [2.75, 3.05) is 0 Å². The van der Waals surface area contributed by atoms with E-state index in [9.17, 15) is 30.0 Å². The first-order chi connectivity index (χ1) is 18.8. The summed E-state index contributed by atoms with van der Waals surface area (Å²) in [6.45, 7) is 0. The molecule has 0 aliphatic rings. The lowest BCUT2D eigenvalue weighted by molar-refractivity contribution is 0.436. The number of rotatable bonds is 3. The number of nitroso groups, excluding NO2 is 3. The standard InChI is InChI=1S/3C9H8N2O2.H2O/c3*1-11-7-5-3-2-4-6(7)8(10-13)9(11)12;/h3*2-5,12H,1H3;1H2. The maximum absolute atomic E-state index is 10.4. The molecule has 0 aliphatic heterocycles. The lowest BCUT2D eigenvalue weighted by Crippen LogP contribution is -1.84. The van der Waals surface area contributed by atoms with Gasteiger partial charge in [0.2, 0.25) is 17.6 Å². The van der Waals surface area contributed by atoms with Crippen LogP contribution >= 0.6 is 0 Å². The molecule has 0 bridgehead atoms. The molecule has 0 saturated carbocycles. The third-order valence-corrected chi connectivity index (χ3v) is 6.42. The van der Waals surface area contributed by atoms with E-state index in [0.29, 0.717) is 16.2 Å². The van der Waals surface area contributed by atoms with Crippen molar-refractivity contribution in [3.8, 4) is 17.6 Å². The summed E-state index contributed by atoms with van der Waals surface area (Å²) in [7, 11) is 5.06. The van der Waals surface area contributed by atoms with Crippen LogP contribution in [0.1, 0.15) is 0 Å². The summed E-state index contributed by atoms with van der Waals surface area (Å²) >= 11 is 0. The van der Waals surface area contributed by atoms with Crippen LogP contribution in [0.15, 0.2) is 88.3 Å². The minimum Gasteiger partial charge on any atom is -0.493 e. The van der Waals surface area contributed by atoms with Crippen LogP contribution in [0.5, 0.6) is 17.6 Å². The average Bonchev–Trinajstić information content (AvgIpc) is 3.48. The smallest absolute Gasteiger partial charge is 0.222 e. The summed E-state index contributed by atoms with van der Waals surface area (Å²) < 4.78 is 4.60. The van der Waals surface area contributed by atoms with E-state index in [2.05, 4.69) is 15.5 Å². The first-order valence-electron chi connectivity index (χ1n) is 11.6. The van der Waals surface area contributed by atoms with Crippen molar-refractivity contribution < 1.29 is 20.8 Å². The van der Waals surface area contributed by atoms with Crippen molar-refractivity contribution >= 4 is 49.8 Å². The van der Waals surface area contributed by atoms with Crippen LogP contribution in [0.3, 0.4) is 0 Å². The second kappa shape index (κ2) is 11.9. The highest BCUT2D eigenvalue weighted by Crippen LogP contribution is 2.38. The van der Waals surface area contributed by atoms with Crippen molar-refractivity contribution in [3.63, 3.8) is 0 Å². The van der Waals surface area contributed by atoms with Crippen LogP contribution < -0.4 is 0 Å². The van der Waals surface area contributed by atoms with Crippen molar-refractivity contribution in [2.24, 2.45) is 36.7 Å². The van der Waals surface area contributed by atoms with Crippen molar-refractivity contribution in [1.29, 1.82) is 0 Å². The maximum atomic E-state index is 10.4. The van der Waals surface area contributed by atoms with Crippen LogP contribution in [-0.2, 0) is 21.1 Å². The lowest BCUT2D eigenvalue weighted by atomic mass is 10.2. The first kappa shape index (κ1) is 29.0. The van der Waals surface area contributed by atoms with E-state index in [-0.39, 0.29) is 40.2 Å². The van der Waals surface area contributed by atoms with Gasteiger partial charge in [-0.2, -0.15) is 0 Å². The first-order valence-corrected chi connectivity index (χ1v) is 11.6. The summed E-state index contributed by atoms with van der Waals surface area (Å²) in [5.41, 5.74) is 2.73. The Morgan fingerprint density at radius 1 is 0.475 bits per heavy atom. The predicted molar refractivity (Wildman–Crippen MR) is 154 cm³/mol. The minimum absolute atomic E-state index is 0. The van der Waals surface area contributed by atoms with Crippen molar-refractivity contribution in [2.45, 2.75) is 0 Å². The molecule has 6 aromatic rings. The van der Waals surface area contributed by atoms with E-state index >= 15 is 0 Å². The summed E-state index contributed by atoms with van der Waals surface area (Å²) in [5, 5.41) is 38.9. The highest BCUT2D eigenvalue weighted by Gasteiger charge is 2.15. The number of aryl methyl sites for hydroxylation is 3. The van der Waals surface area contributed by atoms with E-state index in [0.717, 1.165) is 16.6 Å². The Bertz CT molecular complexity index is 1640. The second-order valence-electron chi connectivity index (χ2n) is 8.52. The fraction of sp³-hybridized carbons (Fsp3) is 0.111. The van der Waals surface area contributed by atoms with Gasteiger partial charge in [0.15, 0.2) is 17.1 Å². The Labute approximate surface area is 226 Å². The lowest BCUT2D eigenvalue weighted by Gasteiger charge is -1.94. The van der Waals surface area contributed by atoms with Gasteiger partial charge >= 0.3 is 0 Å². The Hall–Kier alpha value is -5.56. The number of aromatic nitrogens is 3. The van der Waals surface area contributed by atoms with Crippen LogP contribution in [0, 0.1) is 14.7 Å². The van der Waals surface area contributed by atoms with Gasteiger partial charge in [-0.3, -0.25) is 0 Å². The zero-order valence-electron chi connectivity index (χ0n) is 21.7.